The predicted molar refractivity (Wildman–Crippen MR) is 138 cm³/mol. The lowest BCUT2D eigenvalue weighted by Gasteiger charge is -2.33. The number of rotatable bonds is 5. The number of amides is 1. The number of benzene rings is 2. The van der Waals surface area contributed by atoms with Gasteiger partial charge < -0.3 is 10.1 Å². The van der Waals surface area contributed by atoms with E-state index in [9.17, 15) is 9.59 Å². The van der Waals surface area contributed by atoms with Crippen LogP contribution < -0.4 is 15.6 Å². The van der Waals surface area contributed by atoms with E-state index in [1.807, 2.05) is 30.3 Å². The summed E-state index contributed by atoms with van der Waals surface area (Å²) in [6.07, 6.45) is 2.88. The minimum atomic E-state index is -0.339. The fourth-order valence-corrected chi connectivity index (χ4v) is 5.77. The van der Waals surface area contributed by atoms with Gasteiger partial charge in [0.2, 0.25) is 5.91 Å². The molecule has 2 heterocycles. The van der Waals surface area contributed by atoms with Gasteiger partial charge >= 0.3 is 0 Å². The van der Waals surface area contributed by atoms with Crippen molar-refractivity contribution in [2.75, 3.05) is 5.32 Å². The third-order valence-corrected chi connectivity index (χ3v) is 7.71. The number of carbonyl (C=O) groups is 1. The van der Waals surface area contributed by atoms with Crippen LogP contribution in [0, 0.1) is 11.3 Å². The number of fused-ring (bicyclic) bond motifs is 3. The van der Waals surface area contributed by atoms with E-state index in [0.29, 0.717) is 27.6 Å². The van der Waals surface area contributed by atoms with E-state index in [1.54, 1.807) is 35.6 Å². The fourth-order valence-electron chi connectivity index (χ4n) is 4.54. The van der Waals surface area contributed by atoms with E-state index in [-0.39, 0.29) is 23.4 Å². The molecule has 0 saturated heterocycles. The maximum absolute atomic E-state index is 13.2. The van der Waals surface area contributed by atoms with Gasteiger partial charge in [-0.3, -0.25) is 9.59 Å². The number of nitrogens with zero attached hydrogens (tertiary/aromatic N) is 3. The quantitative estimate of drug-likeness (QED) is 0.405. The standard InChI is InChI=1S/C27H28N4O3S/c1-27(2,3)17-9-14-21-22(15-17)35-25-24(21)26(33)31(30-29-25)16-23(32)28-18-10-12-20(13-11-18)34-19-7-5-4-6-8-19/h4-8,10-13,17H,9,14-16H2,1-3H3,(H,28,32)/t17-/m0/s1. The third kappa shape index (κ3) is 4.98. The maximum Gasteiger partial charge on any atom is 0.279 e. The summed E-state index contributed by atoms with van der Waals surface area (Å²) in [5.74, 6) is 1.64. The molecule has 1 atom stereocenters. The molecule has 0 bridgehead atoms. The summed E-state index contributed by atoms with van der Waals surface area (Å²) in [4.78, 5) is 27.8. The number of hydrogen-bond donors (Lipinski definition) is 1. The highest BCUT2D eigenvalue weighted by Gasteiger charge is 2.32. The maximum atomic E-state index is 13.2. The van der Waals surface area contributed by atoms with Gasteiger partial charge in [-0.2, -0.15) is 0 Å². The van der Waals surface area contributed by atoms with E-state index in [4.69, 9.17) is 4.74 Å². The first-order valence-electron chi connectivity index (χ1n) is 11.8. The lowest BCUT2D eigenvalue weighted by molar-refractivity contribution is -0.117. The Morgan fingerprint density at radius 3 is 2.54 bits per heavy atom. The number of carbonyl (C=O) groups excluding carboxylic acids is 1. The van der Waals surface area contributed by atoms with Crippen LogP contribution in [0.4, 0.5) is 5.69 Å². The lowest BCUT2D eigenvalue weighted by atomic mass is 9.72. The van der Waals surface area contributed by atoms with Crippen LogP contribution >= 0.6 is 11.3 Å². The number of nitrogens with one attached hydrogen (secondary N) is 1. The zero-order valence-electron chi connectivity index (χ0n) is 20.1. The Morgan fingerprint density at radius 1 is 1.11 bits per heavy atom. The number of ether oxygens (including phenoxy) is 1. The molecule has 0 unspecified atom stereocenters. The Labute approximate surface area is 207 Å². The molecule has 7 nitrogen and oxygen atoms in total. The van der Waals surface area contributed by atoms with Crippen molar-refractivity contribution in [3.05, 3.63) is 75.4 Å². The van der Waals surface area contributed by atoms with Crippen LogP contribution in [0.2, 0.25) is 0 Å². The summed E-state index contributed by atoms with van der Waals surface area (Å²) in [7, 11) is 0. The molecule has 1 amide bonds. The molecule has 1 aliphatic carbocycles. The van der Waals surface area contributed by atoms with Gasteiger partial charge in [-0.05, 0) is 72.6 Å². The Morgan fingerprint density at radius 2 is 1.83 bits per heavy atom. The van der Waals surface area contributed by atoms with E-state index >= 15 is 0 Å². The number of aryl methyl sites for hydroxylation is 1. The summed E-state index contributed by atoms with van der Waals surface area (Å²) in [5, 5.41) is 11.8. The molecule has 4 aromatic rings. The highest BCUT2D eigenvalue weighted by molar-refractivity contribution is 7.18. The number of para-hydroxylation sites is 1. The molecule has 0 aliphatic heterocycles. The van der Waals surface area contributed by atoms with Gasteiger partial charge in [-0.25, -0.2) is 4.68 Å². The number of thiophene rings is 1. The zero-order chi connectivity index (χ0) is 24.6. The summed E-state index contributed by atoms with van der Waals surface area (Å²) in [6, 6.07) is 16.6. The van der Waals surface area contributed by atoms with Gasteiger partial charge in [0, 0.05) is 10.6 Å². The van der Waals surface area contributed by atoms with Crippen LogP contribution in [0.1, 0.15) is 37.6 Å². The van der Waals surface area contributed by atoms with Gasteiger partial charge in [0.05, 0.1) is 5.39 Å². The van der Waals surface area contributed by atoms with Crippen molar-refractivity contribution in [1.29, 1.82) is 0 Å². The second-order valence-corrected chi connectivity index (χ2v) is 11.1. The minimum Gasteiger partial charge on any atom is -0.457 e. The van der Waals surface area contributed by atoms with Crippen molar-refractivity contribution < 1.29 is 9.53 Å². The van der Waals surface area contributed by atoms with Crippen molar-refractivity contribution in [3.8, 4) is 11.5 Å². The van der Waals surface area contributed by atoms with Crippen molar-refractivity contribution in [2.45, 2.75) is 46.6 Å². The van der Waals surface area contributed by atoms with Gasteiger partial charge in [-0.15, -0.1) is 16.4 Å². The molecule has 2 aromatic heterocycles. The smallest absolute Gasteiger partial charge is 0.279 e. The molecule has 0 saturated carbocycles. The molecular weight excluding hydrogens is 460 g/mol. The number of hydrogen-bond acceptors (Lipinski definition) is 6. The highest BCUT2D eigenvalue weighted by atomic mass is 32.1. The topological polar surface area (TPSA) is 86.1 Å². The molecule has 35 heavy (non-hydrogen) atoms. The second-order valence-electron chi connectivity index (χ2n) is 10.0. The molecular formula is C27H28N4O3S. The summed E-state index contributed by atoms with van der Waals surface area (Å²) in [6.45, 7) is 6.61. The van der Waals surface area contributed by atoms with Crippen molar-refractivity contribution in [3.63, 3.8) is 0 Å². The van der Waals surface area contributed by atoms with E-state index in [1.165, 1.54) is 4.88 Å². The molecule has 0 fully saturated rings. The minimum absolute atomic E-state index is 0.195. The average molecular weight is 489 g/mol. The third-order valence-electron chi connectivity index (χ3n) is 6.57. The highest BCUT2D eigenvalue weighted by Crippen LogP contribution is 2.41. The fraction of sp³-hybridized carbons (Fsp3) is 0.333. The van der Waals surface area contributed by atoms with E-state index in [0.717, 1.165) is 35.3 Å². The van der Waals surface area contributed by atoms with Crippen molar-refractivity contribution in [1.82, 2.24) is 15.0 Å². The first-order valence-corrected chi connectivity index (χ1v) is 12.6. The van der Waals surface area contributed by atoms with Crippen LogP contribution in [-0.4, -0.2) is 20.9 Å². The van der Waals surface area contributed by atoms with Crippen LogP contribution in [0.3, 0.4) is 0 Å². The second kappa shape index (κ2) is 9.26. The SMILES string of the molecule is CC(C)(C)[C@H]1CCc2c(sc3nnn(CC(=O)Nc4ccc(Oc5ccccc5)cc4)c(=O)c23)C1. The monoisotopic (exact) mass is 488 g/mol. The zero-order valence-corrected chi connectivity index (χ0v) is 20.9. The number of aromatic nitrogens is 3. The Kier molecular flexibility index (Phi) is 6.15. The van der Waals surface area contributed by atoms with Crippen molar-refractivity contribution in [2.24, 2.45) is 11.3 Å². The Balaban J connectivity index is 1.29. The Hall–Kier alpha value is -3.52. The first-order chi connectivity index (χ1) is 16.8. The normalized spacial score (nSPS) is 15.6. The van der Waals surface area contributed by atoms with Crippen LogP contribution in [0.15, 0.2) is 59.4 Å². The molecule has 1 aliphatic rings. The van der Waals surface area contributed by atoms with Crippen LogP contribution in [0.5, 0.6) is 11.5 Å². The van der Waals surface area contributed by atoms with Gasteiger partial charge in [-0.1, -0.05) is 44.2 Å². The molecule has 8 heteroatoms. The predicted octanol–water partition coefficient (Wildman–Crippen LogP) is 5.44. The van der Waals surface area contributed by atoms with Gasteiger partial charge in [0.1, 0.15) is 18.0 Å². The summed E-state index contributed by atoms with van der Waals surface area (Å²) >= 11 is 1.57. The average Bonchev–Trinajstić information content (AvgIpc) is 3.21. The van der Waals surface area contributed by atoms with Crippen LogP contribution in [-0.2, 0) is 24.2 Å². The van der Waals surface area contributed by atoms with E-state index < -0.39 is 0 Å². The molecule has 1 N–H and O–H groups in total. The van der Waals surface area contributed by atoms with E-state index in [2.05, 4.69) is 36.4 Å². The lowest BCUT2D eigenvalue weighted by Crippen LogP contribution is -2.31. The summed E-state index contributed by atoms with van der Waals surface area (Å²) < 4.78 is 6.94. The number of anilines is 1. The van der Waals surface area contributed by atoms with Gasteiger partial charge in [0.25, 0.3) is 5.56 Å². The molecule has 0 spiro atoms. The Bertz CT molecular complexity index is 1420. The summed E-state index contributed by atoms with van der Waals surface area (Å²) in [5.41, 5.74) is 1.68. The first kappa shape index (κ1) is 23.2. The molecule has 5 rings (SSSR count). The van der Waals surface area contributed by atoms with Gasteiger partial charge in [0.15, 0.2) is 4.83 Å². The largest absolute Gasteiger partial charge is 0.457 e. The van der Waals surface area contributed by atoms with Crippen molar-refractivity contribution >= 4 is 33.1 Å². The molecule has 0 radical (unpaired) electrons. The molecule has 2 aromatic carbocycles. The molecule has 180 valence electrons. The van der Waals surface area contributed by atoms with Crippen LogP contribution in [0.25, 0.3) is 10.2 Å².